The molecule has 0 atom stereocenters. The summed E-state index contributed by atoms with van der Waals surface area (Å²) < 4.78 is 13.4. The summed E-state index contributed by atoms with van der Waals surface area (Å²) in [6.45, 7) is 5.80. The number of nitrogens with one attached hydrogen (secondary N) is 1. The highest BCUT2D eigenvalue weighted by Crippen LogP contribution is 2.31. The summed E-state index contributed by atoms with van der Waals surface area (Å²) in [5.41, 5.74) is 4.66. The molecule has 0 unspecified atom stereocenters. The summed E-state index contributed by atoms with van der Waals surface area (Å²) in [7, 11) is 0. The molecule has 2 fully saturated rings. The molecule has 1 aromatic carbocycles. The molecule has 2 aliphatic heterocycles. The van der Waals surface area contributed by atoms with Crippen molar-refractivity contribution >= 4 is 28.3 Å². The molecule has 4 aromatic rings. The predicted molar refractivity (Wildman–Crippen MR) is 137 cm³/mol. The number of ether oxygens (including phenoxy) is 2. The van der Waals surface area contributed by atoms with Crippen LogP contribution in [0.4, 0.5) is 10.5 Å². The van der Waals surface area contributed by atoms with Crippen molar-refractivity contribution in [2.45, 2.75) is 25.8 Å². The smallest absolute Gasteiger partial charge is 0.404 e. The summed E-state index contributed by atoms with van der Waals surface area (Å²) in [6, 6.07) is 14.2. The van der Waals surface area contributed by atoms with E-state index >= 15 is 0 Å². The van der Waals surface area contributed by atoms with E-state index in [1.165, 1.54) is 0 Å². The lowest BCUT2D eigenvalue weighted by Gasteiger charge is -2.37. The highest BCUT2D eigenvalue weighted by Gasteiger charge is 2.34. The highest BCUT2D eigenvalue weighted by molar-refractivity contribution is 5.92. The second-order valence-corrected chi connectivity index (χ2v) is 10.1. The number of para-hydroxylation sites is 1. The number of carbonyl (C=O) groups is 1. The number of aromatic nitrogens is 3. The molecule has 0 saturated carbocycles. The second kappa shape index (κ2) is 8.98. The van der Waals surface area contributed by atoms with Gasteiger partial charge in [-0.05, 0) is 31.0 Å². The lowest BCUT2D eigenvalue weighted by Crippen LogP contribution is -2.44. The van der Waals surface area contributed by atoms with Gasteiger partial charge in [0.05, 0.1) is 48.6 Å². The van der Waals surface area contributed by atoms with Crippen molar-refractivity contribution in [2.75, 3.05) is 37.8 Å². The van der Waals surface area contributed by atoms with E-state index in [1.54, 1.807) is 0 Å². The molecule has 6 rings (SSSR count). The monoisotopic (exact) mass is 487 g/mol. The molecule has 9 heteroatoms. The molecule has 5 heterocycles. The van der Waals surface area contributed by atoms with Gasteiger partial charge in [-0.1, -0.05) is 25.1 Å². The van der Waals surface area contributed by atoms with Crippen LogP contribution in [0.15, 0.2) is 54.9 Å². The zero-order valence-electron chi connectivity index (χ0n) is 20.2. The number of pyridine rings is 2. The summed E-state index contributed by atoms with van der Waals surface area (Å²) >= 11 is 0. The molecular formula is C27H29N5O4. The van der Waals surface area contributed by atoms with Gasteiger partial charge in [0.2, 0.25) is 0 Å². The third-order valence-corrected chi connectivity index (χ3v) is 7.10. The van der Waals surface area contributed by atoms with Crippen molar-refractivity contribution in [3.8, 4) is 17.1 Å². The number of rotatable bonds is 6. The molecule has 3 aromatic heterocycles. The molecule has 36 heavy (non-hydrogen) atoms. The summed E-state index contributed by atoms with van der Waals surface area (Å²) in [5.74, 6) is 0.794. The van der Waals surface area contributed by atoms with Gasteiger partial charge in [0.15, 0.2) is 0 Å². The first kappa shape index (κ1) is 22.6. The molecule has 0 radical (unpaired) electrons. The van der Waals surface area contributed by atoms with Gasteiger partial charge in [-0.3, -0.25) is 4.40 Å². The Kier molecular flexibility index (Phi) is 5.64. The first-order valence-corrected chi connectivity index (χ1v) is 12.3. The largest absolute Gasteiger partial charge is 0.493 e. The average Bonchev–Trinajstić information content (AvgIpc) is 3.29. The van der Waals surface area contributed by atoms with Gasteiger partial charge in [0, 0.05) is 42.2 Å². The quantitative estimate of drug-likeness (QED) is 0.420. The molecule has 0 spiro atoms. The zero-order valence-corrected chi connectivity index (χ0v) is 20.2. The third kappa shape index (κ3) is 4.30. The van der Waals surface area contributed by atoms with Crippen LogP contribution in [0.5, 0.6) is 5.75 Å². The highest BCUT2D eigenvalue weighted by atomic mass is 16.5. The topological polar surface area (TPSA) is 101 Å². The van der Waals surface area contributed by atoms with Crippen molar-refractivity contribution in [2.24, 2.45) is 5.41 Å². The van der Waals surface area contributed by atoms with E-state index in [0.717, 1.165) is 78.5 Å². The minimum absolute atomic E-state index is 0.00538. The number of piperidine rings is 1. The van der Waals surface area contributed by atoms with Crippen molar-refractivity contribution in [1.82, 2.24) is 19.7 Å². The molecular weight excluding hydrogens is 458 g/mol. The number of anilines is 1. The average molecular weight is 488 g/mol. The van der Waals surface area contributed by atoms with Gasteiger partial charge in [-0.2, -0.15) is 0 Å². The predicted octanol–water partition coefficient (Wildman–Crippen LogP) is 4.20. The van der Waals surface area contributed by atoms with Crippen LogP contribution in [0.25, 0.3) is 27.9 Å². The Morgan fingerprint density at radius 3 is 2.81 bits per heavy atom. The molecule has 9 nitrogen and oxygen atoms in total. The summed E-state index contributed by atoms with van der Waals surface area (Å²) in [5, 5.41) is 12.7. The first-order chi connectivity index (χ1) is 17.5. The Balaban J connectivity index is 1.26. The number of hydrogen-bond acceptors (Lipinski definition) is 6. The fraction of sp³-hybridized carbons (Fsp3) is 0.370. The number of carboxylic acid groups (broad SMARTS) is 1. The second-order valence-electron chi connectivity index (χ2n) is 10.1. The van der Waals surface area contributed by atoms with E-state index in [1.807, 2.05) is 41.1 Å². The fourth-order valence-electron chi connectivity index (χ4n) is 5.00. The third-order valence-electron chi connectivity index (χ3n) is 7.10. The van der Waals surface area contributed by atoms with E-state index in [-0.39, 0.29) is 11.5 Å². The van der Waals surface area contributed by atoms with Gasteiger partial charge in [0.1, 0.15) is 11.4 Å². The van der Waals surface area contributed by atoms with Crippen molar-refractivity contribution in [3.05, 3.63) is 54.9 Å². The maximum absolute atomic E-state index is 11.0. The molecule has 2 aliphatic rings. The Labute approximate surface area is 208 Å². The Morgan fingerprint density at radius 1 is 1.22 bits per heavy atom. The van der Waals surface area contributed by atoms with Gasteiger partial charge in [-0.15, -0.1) is 0 Å². The van der Waals surface area contributed by atoms with Crippen LogP contribution in [0.2, 0.25) is 0 Å². The van der Waals surface area contributed by atoms with E-state index in [9.17, 15) is 4.79 Å². The Hall–Kier alpha value is -3.85. The number of amides is 1. The number of benzene rings is 1. The number of hydrogen-bond donors (Lipinski definition) is 2. The lowest BCUT2D eigenvalue weighted by molar-refractivity contribution is -0.120. The minimum Gasteiger partial charge on any atom is -0.493 e. The van der Waals surface area contributed by atoms with E-state index in [0.29, 0.717) is 6.61 Å². The molecule has 0 bridgehead atoms. The zero-order chi connectivity index (χ0) is 24.7. The van der Waals surface area contributed by atoms with Gasteiger partial charge >= 0.3 is 6.09 Å². The van der Waals surface area contributed by atoms with Crippen LogP contribution < -0.4 is 15.0 Å². The SMILES string of the molecule is CC1(COc2ccn3c(-c4ccc5cccc(N6CCC(NC(=O)O)CC6)c5n4)cnc3c2)COC1. The standard InChI is InChI=1S/C27H29N5O4/c1-27(15-35-16-27)17-36-20-9-12-32-23(14-28-24(32)13-20)21-6-5-18-3-2-4-22(25(18)30-21)31-10-7-19(8-11-31)29-26(33)34/h2-6,9,12-14,19,29H,7-8,10-11,15-17H2,1H3,(H,33,34). The van der Waals surface area contributed by atoms with Crippen LogP contribution in [0, 0.1) is 5.41 Å². The molecule has 2 saturated heterocycles. The van der Waals surface area contributed by atoms with Gasteiger partial charge in [-0.25, -0.2) is 14.8 Å². The Bertz CT molecular complexity index is 1420. The van der Waals surface area contributed by atoms with Gasteiger partial charge in [0.25, 0.3) is 0 Å². The molecule has 0 aliphatic carbocycles. The molecule has 2 N–H and O–H groups in total. The Morgan fingerprint density at radius 2 is 2.06 bits per heavy atom. The normalized spacial score (nSPS) is 17.8. The van der Waals surface area contributed by atoms with E-state index < -0.39 is 6.09 Å². The maximum atomic E-state index is 11.0. The van der Waals surface area contributed by atoms with Crippen molar-refractivity contribution in [1.29, 1.82) is 0 Å². The number of fused-ring (bicyclic) bond motifs is 2. The van der Waals surface area contributed by atoms with Crippen molar-refractivity contribution < 1.29 is 19.4 Å². The summed E-state index contributed by atoms with van der Waals surface area (Å²) in [6.07, 6.45) is 4.40. The number of imidazole rings is 1. The van der Waals surface area contributed by atoms with E-state index in [4.69, 9.17) is 19.6 Å². The molecule has 186 valence electrons. The van der Waals surface area contributed by atoms with Crippen LogP contribution >= 0.6 is 0 Å². The first-order valence-electron chi connectivity index (χ1n) is 12.3. The minimum atomic E-state index is -0.959. The fourth-order valence-corrected chi connectivity index (χ4v) is 5.00. The molecule has 1 amide bonds. The van der Waals surface area contributed by atoms with Crippen molar-refractivity contribution in [3.63, 3.8) is 0 Å². The van der Waals surface area contributed by atoms with E-state index in [2.05, 4.69) is 40.3 Å². The van der Waals surface area contributed by atoms with Crippen LogP contribution in [-0.2, 0) is 4.74 Å². The summed E-state index contributed by atoms with van der Waals surface area (Å²) in [4.78, 5) is 23.0. The lowest BCUT2D eigenvalue weighted by atomic mass is 9.90. The van der Waals surface area contributed by atoms with Gasteiger partial charge < -0.3 is 24.8 Å². The van der Waals surface area contributed by atoms with Crippen LogP contribution in [0.1, 0.15) is 19.8 Å². The van der Waals surface area contributed by atoms with Crippen LogP contribution in [-0.4, -0.2) is 64.5 Å². The maximum Gasteiger partial charge on any atom is 0.404 e. The van der Waals surface area contributed by atoms with Crippen LogP contribution in [0.3, 0.4) is 0 Å². The number of nitrogens with zero attached hydrogens (tertiary/aromatic N) is 4.